The van der Waals surface area contributed by atoms with Crippen molar-refractivity contribution < 1.29 is 29.3 Å². The minimum atomic E-state index is -0.924. The van der Waals surface area contributed by atoms with Crippen LogP contribution in [0.2, 0.25) is 0 Å². The molecule has 0 aliphatic heterocycles. The summed E-state index contributed by atoms with van der Waals surface area (Å²) >= 11 is 0. The maximum Gasteiger partial charge on any atom is 0.407 e. The summed E-state index contributed by atoms with van der Waals surface area (Å²) in [6.45, 7) is 6.77. The average molecular weight is 318 g/mol. The fourth-order valence-corrected chi connectivity index (χ4v) is 1.65. The first kappa shape index (κ1) is 20.2. The third-order valence-electron chi connectivity index (χ3n) is 2.60. The second-order valence-electron chi connectivity index (χ2n) is 5.91. The van der Waals surface area contributed by atoms with Gasteiger partial charge in [0.05, 0.1) is 12.8 Å². The second kappa shape index (κ2) is 9.99. The van der Waals surface area contributed by atoms with Gasteiger partial charge in [0, 0.05) is 19.6 Å². The van der Waals surface area contributed by atoms with Gasteiger partial charge in [-0.2, -0.15) is 0 Å². The Kier molecular flexibility index (Phi) is 9.16. The number of nitrogens with zero attached hydrogens (tertiary/aromatic N) is 1. The molecule has 0 aromatic heterocycles. The fraction of sp³-hybridized carbons (Fsp3) is 0.786. The Morgan fingerprint density at radius 3 is 1.91 bits per heavy atom. The van der Waals surface area contributed by atoms with E-state index in [1.54, 1.807) is 25.7 Å². The zero-order valence-corrected chi connectivity index (χ0v) is 13.4. The summed E-state index contributed by atoms with van der Waals surface area (Å²) in [7, 11) is 0. The molecule has 8 heteroatoms. The van der Waals surface area contributed by atoms with Gasteiger partial charge < -0.3 is 25.2 Å². The third kappa shape index (κ3) is 13.2. The molecule has 0 aliphatic carbocycles. The molecule has 0 heterocycles. The average Bonchev–Trinajstić information content (AvgIpc) is 2.34. The van der Waals surface area contributed by atoms with Crippen molar-refractivity contribution in [2.24, 2.45) is 0 Å². The molecule has 1 amide bonds. The number of hydrogen-bond donors (Lipinski definition) is 3. The smallest absolute Gasteiger partial charge is 0.407 e. The lowest BCUT2D eigenvalue weighted by molar-refractivity contribution is -0.137. The van der Waals surface area contributed by atoms with E-state index >= 15 is 0 Å². The molecule has 0 bridgehead atoms. The Morgan fingerprint density at radius 1 is 1.00 bits per heavy atom. The molecule has 0 saturated carbocycles. The molecule has 8 nitrogen and oxygen atoms in total. The van der Waals surface area contributed by atoms with Gasteiger partial charge in [-0.3, -0.25) is 9.59 Å². The van der Waals surface area contributed by atoms with Crippen LogP contribution in [0.4, 0.5) is 4.79 Å². The normalized spacial score (nSPS) is 11.3. The van der Waals surface area contributed by atoms with Crippen LogP contribution in [0, 0.1) is 0 Å². The van der Waals surface area contributed by atoms with Crippen LogP contribution in [0.5, 0.6) is 0 Å². The molecule has 0 aliphatic rings. The number of carboxylic acid groups (broad SMARTS) is 2. The Bertz CT molecular complexity index is 360. The third-order valence-corrected chi connectivity index (χ3v) is 2.60. The summed E-state index contributed by atoms with van der Waals surface area (Å²) in [5.41, 5.74) is -0.556. The molecular formula is C14H26N2O6. The molecule has 0 atom stereocenters. The first-order valence-electron chi connectivity index (χ1n) is 7.23. The van der Waals surface area contributed by atoms with Gasteiger partial charge in [0.1, 0.15) is 5.60 Å². The molecule has 128 valence electrons. The number of carboxylic acids is 2. The number of carbonyl (C=O) groups excluding carboxylic acids is 1. The number of ether oxygens (including phenoxy) is 1. The van der Waals surface area contributed by atoms with E-state index in [1.807, 2.05) is 0 Å². The lowest BCUT2D eigenvalue weighted by Gasteiger charge is -2.22. The number of nitrogens with one attached hydrogen (secondary N) is 1. The summed E-state index contributed by atoms with van der Waals surface area (Å²) in [5, 5.41) is 20.0. The number of aliphatic carboxylic acids is 2. The summed E-state index contributed by atoms with van der Waals surface area (Å²) in [4.78, 5) is 34.3. The van der Waals surface area contributed by atoms with Crippen molar-refractivity contribution >= 4 is 18.0 Å². The molecule has 3 N–H and O–H groups in total. The van der Waals surface area contributed by atoms with Crippen LogP contribution in [0.15, 0.2) is 0 Å². The highest BCUT2D eigenvalue weighted by Gasteiger charge is 2.15. The van der Waals surface area contributed by atoms with Gasteiger partial charge in [-0.15, -0.1) is 0 Å². The summed E-state index contributed by atoms with van der Waals surface area (Å²) in [6.07, 6.45) is -0.00778. The van der Waals surface area contributed by atoms with Crippen LogP contribution >= 0.6 is 0 Å². The van der Waals surface area contributed by atoms with Crippen molar-refractivity contribution in [2.75, 3.05) is 26.2 Å². The Labute approximate surface area is 130 Å². The molecular weight excluding hydrogens is 292 g/mol. The number of amides is 1. The molecule has 0 aromatic carbocycles. The lowest BCUT2D eigenvalue weighted by Crippen LogP contribution is -2.35. The fourth-order valence-electron chi connectivity index (χ4n) is 1.65. The second-order valence-corrected chi connectivity index (χ2v) is 5.91. The van der Waals surface area contributed by atoms with Crippen LogP contribution in [-0.4, -0.2) is 64.9 Å². The molecule has 0 rings (SSSR count). The highest BCUT2D eigenvalue weighted by atomic mass is 16.6. The predicted molar refractivity (Wildman–Crippen MR) is 79.8 cm³/mol. The largest absolute Gasteiger partial charge is 0.481 e. The van der Waals surface area contributed by atoms with Gasteiger partial charge in [0.25, 0.3) is 0 Å². The number of hydrogen-bond acceptors (Lipinski definition) is 5. The minimum Gasteiger partial charge on any atom is -0.481 e. The Hall–Kier alpha value is -1.83. The van der Waals surface area contributed by atoms with E-state index in [4.69, 9.17) is 14.9 Å². The molecule has 0 spiro atoms. The van der Waals surface area contributed by atoms with Gasteiger partial charge in [-0.1, -0.05) is 0 Å². The van der Waals surface area contributed by atoms with Crippen molar-refractivity contribution in [1.82, 2.24) is 10.2 Å². The maximum absolute atomic E-state index is 11.4. The Morgan fingerprint density at radius 2 is 1.50 bits per heavy atom. The van der Waals surface area contributed by atoms with Crippen molar-refractivity contribution in [1.29, 1.82) is 0 Å². The summed E-state index contributed by atoms with van der Waals surface area (Å²) < 4.78 is 5.08. The number of rotatable bonds is 10. The van der Waals surface area contributed by atoms with Crippen molar-refractivity contribution in [3.8, 4) is 0 Å². The van der Waals surface area contributed by atoms with Gasteiger partial charge in [-0.25, -0.2) is 4.79 Å². The van der Waals surface area contributed by atoms with Gasteiger partial charge in [0.15, 0.2) is 0 Å². The molecule has 0 radical (unpaired) electrons. The zero-order valence-electron chi connectivity index (χ0n) is 13.4. The van der Waals surface area contributed by atoms with Gasteiger partial charge >= 0.3 is 18.0 Å². The van der Waals surface area contributed by atoms with E-state index in [0.717, 1.165) is 0 Å². The highest BCUT2D eigenvalue weighted by Crippen LogP contribution is 2.06. The van der Waals surface area contributed by atoms with Gasteiger partial charge in [-0.05, 0) is 33.7 Å². The molecule has 0 aromatic rings. The highest BCUT2D eigenvalue weighted by molar-refractivity contribution is 5.68. The van der Waals surface area contributed by atoms with Crippen LogP contribution in [-0.2, 0) is 14.3 Å². The van der Waals surface area contributed by atoms with E-state index in [9.17, 15) is 14.4 Å². The first-order valence-corrected chi connectivity index (χ1v) is 7.23. The number of carbonyl (C=O) groups is 3. The van der Waals surface area contributed by atoms with E-state index < -0.39 is 23.6 Å². The van der Waals surface area contributed by atoms with Crippen molar-refractivity contribution in [3.63, 3.8) is 0 Å². The molecule has 0 saturated heterocycles. The predicted octanol–water partition coefficient (Wildman–Crippen LogP) is 1.15. The Balaban J connectivity index is 4.02. The zero-order chi connectivity index (χ0) is 17.2. The maximum atomic E-state index is 11.4. The van der Waals surface area contributed by atoms with Crippen LogP contribution in [0.1, 0.15) is 40.0 Å². The summed E-state index contributed by atoms with van der Waals surface area (Å²) in [5.74, 6) is -1.85. The van der Waals surface area contributed by atoms with E-state index in [2.05, 4.69) is 5.32 Å². The SMILES string of the molecule is CC(C)(C)OC(=O)NCCCN(CCC(=O)O)CCC(=O)O. The van der Waals surface area contributed by atoms with Crippen LogP contribution < -0.4 is 5.32 Å². The molecule has 0 unspecified atom stereocenters. The van der Waals surface area contributed by atoms with Crippen LogP contribution in [0.25, 0.3) is 0 Å². The standard InChI is InChI=1S/C14H26N2O6/c1-14(2,3)22-13(21)15-7-4-8-16(9-5-11(17)18)10-6-12(19)20/h4-10H2,1-3H3,(H,15,21)(H,17,18)(H,19,20). The minimum absolute atomic E-state index is 0.0425. The molecule has 0 fully saturated rings. The van der Waals surface area contributed by atoms with E-state index in [0.29, 0.717) is 19.5 Å². The molecule has 22 heavy (non-hydrogen) atoms. The van der Waals surface area contributed by atoms with Crippen molar-refractivity contribution in [2.45, 2.75) is 45.6 Å². The van der Waals surface area contributed by atoms with E-state index in [-0.39, 0.29) is 25.9 Å². The van der Waals surface area contributed by atoms with E-state index in [1.165, 1.54) is 0 Å². The summed E-state index contributed by atoms with van der Waals surface area (Å²) in [6, 6.07) is 0. The lowest BCUT2D eigenvalue weighted by atomic mass is 10.2. The number of alkyl carbamates (subject to hydrolysis) is 1. The topological polar surface area (TPSA) is 116 Å². The van der Waals surface area contributed by atoms with Gasteiger partial charge in [0.2, 0.25) is 0 Å². The quantitative estimate of drug-likeness (QED) is 0.517. The first-order chi connectivity index (χ1) is 10.1. The monoisotopic (exact) mass is 318 g/mol. The van der Waals surface area contributed by atoms with Crippen molar-refractivity contribution in [3.05, 3.63) is 0 Å². The van der Waals surface area contributed by atoms with Crippen LogP contribution in [0.3, 0.4) is 0 Å².